The van der Waals surface area contributed by atoms with Crippen molar-refractivity contribution in [2.45, 2.75) is 19.3 Å². The van der Waals surface area contributed by atoms with Crippen molar-refractivity contribution in [2.75, 3.05) is 46.3 Å². The van der Waals surface area contributed by atoms with Gasteiger partial charge in [0.05, 0.1) is 11.8 Å². The topological polar surface area (TPSA) is 72.9 Å². The van der Waals surface area contributed by atoms with Crippen LogP contribution >= 0.6 is 0 Å². The molecule has 1 aliphatic carbocycles. The van der Waals surface area contributed by atoms with Gasteiger partial charge in [-0.3, -0.25) is 14.5 Å². The number of nitrogens with zero attached hydrogens (tertiary/aromatic N) is 2. The van der Waals surface area contributed by atoms with Crippen LogP contribution in [0.4, 0.5) is 0 Å². The Morgan fingerprint density at radius 3 is 2.45 bits per heavy atom. The number of nitrogens with one attached hydrogen (secondary N) is 1. The second kappa shape index (κ2) is 7.04. The van der Waals surface area contributed by atoms with Gasteiger partial charge in [-0.25, -0.2) is 0 Å². The van der Waals surface area contributed by atoms with E-state index in [1.807, 2.05) is 0 Å². The number of carbonyl (C=O) groups is 2. The van der Waals surface area contributed by atoms with Crippen LogP contribution in [-0.4, -0.2) is 73.1 Å². The predicted molar refractivity (Wildman–Crippen MR) is 75.4 cm³/mol. The van der Waals surface area contributed by atoms with Gasteiger partial charge in [0.25, 0.3) is 0 Å². The predicted octanol–water partition coefficient (Wildman–Crippen LogP) is -0.149. The first-order valence-corrected chi connectivity index (χ1v) is 7.49. The van der Waals surface area contributed by atoms with Crippen LogP contribution in [0, 0.1) is 11.8 Å². The van der Waals surface area contributed by atoms with Gasteiger partial charge in [-0.05, 0) is 19.9 Å². The summed E-state index contributed by atoms with van der Waals surface area (Å²) in [5.74, 6) is -1.73. The van der Waals surface area contributed by atoms with E-state index in [2.05, 4.69) is 22.2 Å². The highest BCUT2D eigenvalue weighted by Crippen LogP contribution is 2.31. The van der Waals surface area contributed by atoms with Gasteiger partial charge < -0.3 is 15.3 Å². The zero-order chi connectivity index (χ0) is 14.5. The maximum Gasteiger partial charge on any atom is 0.307 e. The molecule has 2 N–H and O–H groups in total. The van der Waals surface area contributed by atoms with Crippen molar-refractivity contribution in [1.29, 1.82) is 0 Å². The molecule has 0 unspecified atom stereocenters. The Kier molecular flexibility index (Phi) is 5.37. The van der Waals surface area contributed by atoms with Crippen molar-refractivity contribution in [2.24, 2.45) is 11.8 Å². The quantitative estimate of drug-likeness (QED) is 0.734. The van der Waals surface area contributed by atoms with Crippen LogP contribution in [0.5, 0.6) is 0 Å². The molecule has 0 aromatic rings. The standard InChI is InChI=1S/C14H25N3O3/c1-16-7-9-17(10-8-16)6-5-15-13(18)11-3-2-4-12(11)14(19)20/h11-12H,2-10H2,1H3,(H,15,18)(H,19,20)/t11-,12+/m1/s1. The van der Waals surface area contributed by atoms with E-state index in [-0.39, 0.29) is 11.8 Å². The van der Waals surface area contributed by atoms with Crippen molar-refractivity contribution in [1.82, 2.24) is 15.1 Å². The average molecular weight is 283 g/mol. The largest absolute Gasteiger partial charge is 0.481 e. The Morgan fingerprint density at radius 2 is 1.80 bits per heavy atom. The summed E-state index contributed by atoms with van der Waals surface area (Å²) >= 11 is 0. The van der Waals surface area contributed by atoms with Gasteiger partial charge in [-0.2, -0.15) is 0 Å². The van der Waals surface area contributed by atoms with E-state index in [0.29, 0.717) is 19.4 Å². The molecule has 1 aliphatic heterocycles. The maximum atomic E-state index is 12.1. The first kappa shape index (κ1) is 15.3. The molecular formula is C14H25N3O3. The monoisotopic (exact) mass is 283 g/mol. The molecule has 1 saturated heterocycles. The molecular weight excluding hydrogens is 258 g/mol. The summed E-state index contributed by atoms with van der Waals surface area (Å²) in [7, 11) is 2.12. The molecule has 6 heteroatoms. The first-order valence-electron chi connectivity index (χ1n) is 7.49. The van der Waals surface area contributed by atoms with Crippen molar-refractivity contribution in [3.8, 4) is 0 Å². The fourth-order valence-corrected chi connectivity index (χ4v) is 3.11. The van der Waals surface area contributed by atoms with E-state index in [4.69, 9.17) is 5.11 Å². The number of hydrogen-bond donors (Lipinski definition) is 2. The van der Waals surface area contributed by atoms with Crippen molar-refractivity contribution < 1.29 is 14.7 Å². The second-order valence-electron chi connectivity index (χ2n) is 5.92. The Bertz CT molecular complexity index is 354. The van der Waals surface area contributed by atoms with Gasteiger partial charge in [-0.15, -0.1) is 0 Å². The van der Waals surface area contributed by atoms with E-state index in [9.17, 15) is 9.59 Å². The third-order valence-electron chi connectivity index (χ3n) is 4.49. The Hall–Kier alpha value is -1.14. The molecule has 2 aliphatic rings. The van der Waals surface area contributed by atoms with Crippen LogP contribution in [-0.2, 0) is 9.59 Å². The Balaban J connectivity index is 1.68. The number of likely N-dealkylation sites (N-methyl/N-ethyl adjacent to an activating group) is 1. The second-order valence-corrected chi connectivity index (χ2v) is 5.92. The number of amides is 1. The summed E-state index contributed by atoms with van der Waals surface area (Å²) < 4.78 is 0. The first-order chi connectivity index (χ1) is 9.58. The lowest BCUT2D eigenvalue weighted by Gasteiger charge is -2.32. The summed E-state index contributed by atoms with van der Waals surface area (Å²) in [6, 6.07) is 0. The molecule has 2 rings (SSSR count). The molecule has 1 heterocycles. The lowest BCUT2D eigenvalue weighted by atomic mass is 9.95. The minimum absolute atomic E-state index is 0.0796. The van der Waals surface area contributed by atoms with Gasteiger partial charge in [0.15, 0.2) is 0 Å². The molecule has 6 nitrogen and oxygen atoms in total. The third-order valence-corrected chi connectivity index (χ3v) is 4.49. The molecule has 0 aromatic carbocycles. The van der Waals surface area contributed by atoms with Crippen molar-refractivity contribution in [3.63, 3.8) is 0 Å². The molecule has 0 aromatic heterocycles. The van der Waals surface area contributed by atoms with Crippen LogP contribution in [0.3, 0.4) is 0 Å². The number of carbonyl (C=O) groups excluding carboxylic acids is 1. The summed E-state index contributed by atoms with van der Waals surface area (Å²) in [6.07, 6.45) is 2.18. The minimum atomic E-state index is -0.832. The van der Waals surface area contributed by atoms with Gasteiger partial charge in [0.2, 0.25) is 5.91 Å². The lowest BCUT2D eigenvalue weighted by molar-refractivity contribution is -0.146. The maximum absolute atomic E-state index is 12.1. The number of carboxylic acid groups (broad SMARTS) is 1. The number of aliphatic carboxylic acids is 1. The fourth-order valence-electron chi connectivity index (χ4n) is 3.11. The van der Waals surface area contributed by atoms with Gasteiger partial charge in [-0.1, -0.05) is 6.42 Å². The Morgan fingerprint density at radius 1 is 1.15 bits per heavy atom. The summed E-state index contributed by atoms with van der Waals surface area (Å²) in [6.45, 7) is 5.67. The van der Waals surface area contributed by atoms with E-state index >= 15 is 0 Å². The molecule has 0 radical (unpaired) electrons. The van der Waals surface area contributed by atoms with Gasteiger partial charge >= 0.3 is 5.97 Å². The summed E-state index contributed by atoms with van der Waals surface area (Å²) in [5.41, 5.74) is 0. The van der Waals surface area contributed by atoms with E-state index in [0.717, 1.165) is 39.1 Å². The molecule has 20 heavy (non-hydrogen) atoms. The van der Waals surface area contributed by atoms with Crippen molar-refractivity contribution in [3.05, 3.63) is 0 Å². The summed E-state index contributed by atoms with van der Waals surface area (Å²) in [4.78, 5) is 27.8. The van der Waals surface area contributed by atoms with Crippen molar-refractivity contribution >= 4 is 11.9 Å². The smallest absolute Gasteiger partial charge is 0.307 e. The van der Waals surface area contributed by atoms with Gasteiger partial charge in [0.1, 0.15) is 0 Å². The fraction of sp³-hybridized carbons (Fsp3) is 0.857. The minimum Gasteiger partial charge on any atom is -0.481 e. The molecule has 2 atom stereocenters. The van der Waals surface area contributed by atoms with Crippen LogP contribution in [0.2, 0.25) is 0 Å². The number of rotatable bonds is 5. The highest BCUT2D eigenvalue weighted by Gasteiger charge is 2.37. The van der Waals surface area contributed by atoms with Crippen LogP contribution in [0.1, 0.15) is 19.3 Å². The molecule has 0 bridgehead atoms. The van der Waals surface area contributed by atoms with E-state index < -0.39 is 11.9 Å². The van der Waals surface area contributed by atoms with E-state index in [1.54, 1.807) is 0 Å². The molecule has 114 valence electrons. The van der Waals surface area contributed by atoms with E-state index in [1.165, 1.54) is 0 Å². The normalized spacial score (nSPS) is 28.4. The SMILES string of the molecule is CN1CCN(CCNC(=O)[C@@H]2CCC[C@@H]2C(=O)O)CC1. The zero-order valence-electron chi connectivity index (χ0n) is 12.2. The summed E-state index contributed by atoms with van der Waals surface area (Å²) in [5, 5.41) is 12.0. The average Bonchev–Trinajstić information content (AvgIpc) is 2.90. The number of carboxylic acids is 1. The number of hydrogen-bond acceptors (Lipinski definition) is 4. The number of piperazine rings is 1. The highest BCUT2D eigenvalue weighted by atomic mass is 16.4. The molecule has 2 fully saturated rings. The van der Waals surface area contributed by atoms with Crippen LogP contribution in [0.25, 0.3) is 0 Å². The Labute approximate surface area is 120 Å². The lowest BCUT2D eigenvalue weighted by Crippen LogP contribution is -2.47. The molecule has 1 saturated carbocycles. The zero-order valence-corrected chi connectivity index (χ0v) is 12.2. The third kappa shape index (κ3) is 3.93. The molecule has 0 spiro atoms. The highest BCUT2D eigenvalue weighted by molar-refractivity contribution is 5.85. The van der Waals surface area contributed by atoms with Gasteiger partial charge in [0, 0.05) is 39.3 Å². The van der Waals surface area contributed by atoms with Crippen LogP contribution in [0.15, 0.2) is 0 Å². The molecule has 1 amide bonds. The van der Waals surface area contributed by atoms with Crippen LogP contribution < -0.4 is 5.32 Å².